The number of rotatable bonds is 7. The molecule has 8 nitrogen and oxygen atoms in total. The minimum absolute atomic E-state index is 0.0352. The highest BCUT2D eigenvalue weighted by atomic mass is 32.2. The number of piperidine rings is 1. The maximum Gasteiger partial charge on any atom is 0.270 e. The van der Waals surface area contributed by atoms with Crippen molar-refractivity contribution in [3.05, 3.63) is 58.0 Å². The highest BCUT2D eigenvalue weighted by molar-refractivity contribution is 7.89. The Morgan fingerprint density at radius 3 is 2.67 bits per heavy atom. The Labute approximate surface area is 158 Å². The van der Waals surface area contributed by atoms with E-state index in [1.165, 1.54) is 12.1 Å². The standard InChI is InChI=1S/C18H23N3O5S/c1-14-4-5-16(21(22)23)11-18(14)27(24,25)19-12-15-6-8-20(9-7-15)13-17-3-2-10-26-17/h2-5,10-11,15,19H,6-9,12-13H2,1H3. The molecule has 1 aromatic heterocycles. The molecule has 2 heterocycles. The van der Waals surface area contributed by atoms with Crippen LogP contribution in [0.25, 0.3) is 0 Å². The monoisotopic (exact) mass is 393 g/mol. The molecule has 1 N–H and O–H groups in total. The molecule has 0 amide bonds. The summed E-state index contributed by atoms with van der Waals surface area (Å²) in [6, 6.07) is 7.70. The minimum atomic E-state index is -3.78. The van der Waals surface area contributed by atoms with Crippen molar-refractivity contribution in [3.8, 4) is 0 Å². The number of aryl methyl sites for hydroxylation is 1. The van der Waals surface area contributed by atoms with Crippen molar-refractivity contribution in [3.63, 3.8) is 0 Å². The Morgan fingerprint density at radius 1 is 1.30 bits per heavy atom. The van der Waals surface area contributed by atoms with Gasteiger partial charge in [0.2, 0.25) is 10.0 Å². The van der Waals surface area contributed by atoms with E-state index < -0.39 is 14.9 Å². The van der Waals surface area contributed by atoms with Crippen LogP contribution in [0.2, 0.25) is 0 Å². The van der Waals surface area contributed by atoms with Crippen LogP contribution in [0.15, 0.2) is 45.9 Å². The van der Waals surface area contributed by atoms with E-state index in [2.05, 4.69) is 9.62 Å². The van der Waals surface area contributed by atoms with Crippen molar-refractivity contribution in [2.75, 3.05) is 19.6 Å². The molecule has 1 aliphatic rings. The van der Waals surface area contributed by atoms with Crippen LogP contribution in [0.1, 0.15) is 24.2 Å². The second-order valence-electron chi connectivity index (χ2n) is 6.86. The number of non-ortho nitro benzene ring substituents is 1. The number of nitro benzene ring substituents is 1. The summed E-state index contributed by atoms with van der Waals surface area (Å²) >= 11 is 0. The molecule has 9 heteroatoms. The van der Waals surface area contributed by atoms with E-state index in [4.69, 9.17) is 4.42 Å². The van der Waals surface area contributed by atoms with Crippen LogP contribution in [0.5, 0.6) is 0 Å². The van der Waals surface area contributed by atoms with Gasteiger partial charge in [0.1, 0.15) is 5.76 Å². The number of likely N-dealkylation sites (tertiary alicyclic amines) is 1. The first kappa shape index (κ1) is 19.5. The summed E-state index contributed by atoms with van der Waals surface area (Å²) < 4.78 is 33.2. The van der Waals surface area contributed by atoms with E-state index >= 15 is 0 Å². The molecular formula is C18H23N3O5S. The molecule has 0 spiro atoms. The predicted octanol–water partition coefficient (Wildman–Crippen LogP) is 2.69. The summed E-state index contributed by atoms with van der Waals surface area (Å²) in [6.07, 6.45) is 3.43. The maximum atomic E-state index is 12.6. The van der Waals surface area contributed by atoms with Crippen LogP contribution in [0.4, 0.5) is 5.69 Å². The zero-order chi connectivity index (χ0) is 19.4. The zero-order valence-corrected chi connectivity index (χ0v) is 15.9. The molecule has 0 bridgehead atoms. The summed E-state index contributed by atoms with van der Waals surface area (Å²) in [5.41, 5.74) is 0.258. The lowest BCUT2D eigenvalue weighted by Gasteiger charge is -2.31. The zero-order valence-electron chi connectivity index (χ0n) is 15.1. The summed E-state index contributed by atoms with van der Waals surface area (Å²) in [5.74, 6) is 1.17. The second kappa shape index (κ2) is 8.20. The van der Waals surface area contributed by atoms with E-state index in [0.29, 0.717) is 12.1 Å². The van der Waals surface area contributed by atoms with E-state index in [1.807, 2.05) is 12.1 Å². The van der Waals surface area contributed by atoms with Gasteiger partial charge >= 0.3 is 0 Å². The molecular weight excluding hydrogens is 370 g/mol. The van der Waals surface area contributed by atoms with Crippen LogP contribution in [0, 0.1) is 23.0 Å². The Balaban J connectivity index is 1.55. The summed E-state index contributed by atoms with van der Waals surface area (Å²) in [7, 11) is -3.78. The van der Waals surface area contributed by atoms with Gasteiger partial charge in [-0.15, -0.1) is 0 Å². The average Bonchev–Trinajstić information content (AvgIpc) is 3.14. The number of nitrogens with one attached hydrogen (secondary N) is 1. The van der Waals surface area contributed by atoms with Gasteiger partial charge in [-0.25, -0.2) is 13.1 Å². The van der Waals surface area contributed by atoms with Crippen molar-refractivity contribution < 1.29 is 17.8 Å². The molecule has 1 aliphatic heterocycles. The van der Waals surface area contributed by atoms with Crippen LogP contribution >= 0.6 is 0 Å². The first-order chi connectivity index (χ1) is 12.8. The Bertz CT molecular complexity index is 888. The fourth-order valence-electron chi connectivity index (χ4n) is 3.27. The highest BCUT2D eigenvalue weighted by Gasteiger charge is 2.24. The average molecular weight is 393 g/mol. The van der Waals surface area contributed by atoms with Crippen molar-refractivity contribution in [2.45, 2.75) is 31.2 Å². The van der Waals surface area contributed by atoms with Crippen LogP contribution in [0.3, 0.4) is 0 Å². The highest BCUT2D eigenvalue weighted by Crippen LogP contribution is 2.23. The third kappa shape index (κ3) is 4.94. The molecule has 0 atom stereocenters. The molecule has 0 radical (unpaired) electrons. The summed E-state index contributed by atoms with van der Waals surface area (Å²) in [4.78, 5) is 12.6. The first-order valence-electron chi connectivity index (χ1n) is 8.84. The molecule has 3 rings (SSSR count). The lowest BCUT2D eigenvalue weighted by Crippen LogP contribution is -2.38. The van der Waals surface area contributed by atoms with Crippen molar-refractivity contribution in [1.29, 1.82) is 0 Å². The molecule has 27 heavy (non-hydrogen) atoms. The molecule has 2 aromatic rings. The number of nitro groups is 1. The van der Waals surface area contributed by atoms with Crippen molar-refractivity contribution >= 4 is 15.7 Å². The van der Waals surface area contributed by atoms with E-state index in [1.54, 1.807) is 13.2 Å². The Hall–Kier alpha value is -2.23. The maximum absolute atomic E-state index is 12.6. The fraction of sp³-hybridized carbons (Fsp3) is 0.444. The predicted molar refractivity (Wildman–Crippen MR) is 99.7 cm³/mol. The van der Waals surface area contributed by atoms with Gasteiger partial charge in [-0.05, 0) is 56.5 Å². The normalized spacial score (nSPS) is 16.5. The molecule has 0 aliphatic carbocycles. The number of sulfonamides is 1. The van der Waals surface area contributed by atoms with Crippen LogP contribution in [-0.2, 0) is 16.6 Å². The minimum Gasteiger partial charge on any atom is -0.468 e. The Kier molecular flexibility index (Phi) is 5.93. The van der Waals surface area contributed by atoms with Gasteiger partial charge in [-0.1, -0.05) is 6.07 Å². The van der Waals surface area contributed by atoms with Gasteiger partial charge in [-0.3, -0.25) is 15.0 Å². The summed E-state index contributed by atoms with van der Waals surface area (Å²) in [6.45, 7) is 4.48. The molecule has 1 saturated heterocycles. The van der Waals surface area contributed by atoms with Gasteiger partial charge < -0.3 is 4.42 Å². The first-order valence-corrected chi connectivity index (χ1v) is 10.3. The quantitative estimate of drug-likeness (QED) is 0.573. The molecule has 0 saturated carbocycles. The van der Waals surface area contributed by atoms with E-state index in [0.717, 1.165) is 44.3 Å². The van der Waals surface area contributed by atoms with E-state index in [-0.39, 0.29) is 16.5 Å². The number of benzene rings is 1. The van der Waals surface area contributed by atoms with Crippen molar-refractivity contribution in [1.82, 2.24) is 9.62 Å². The van der Waals surface area contributed by atoms with Gasteiger partial charge in [0.05, 0.1) is 22.6 Å². The summed E-state index contributed by atoms with van der Waals surface area (Å²) in [5, 5.41) is 10.9. The van der Waals surface area contributed by atoms with Gasteiger partial charge in [-0.2, -0.15) is 0 Å². The number of nitrogens with zero attached hydrogens (tertiary/aromatic N) is 2. The third-order valence-electron chi connectivity index (χ3n) is 4.90. The smallest absolute Gasteiger partial charge is 0.270 e. The molecule has 1 fully saturated rings. The lowest BCUT2D eigenvalue weighted by atomic mass is 9.97. The third-order valence-corrected chi connectivity index (χ3v) is 6.47. The number of hydrogen-bond acceptors (Lipinski definition) is 6. The van der Waals surface area contributed by atoms with Gasteiger partial charge in [0, 0.05) is 18.7 Å². The largest absolute Gasteiger partial charge is 0.468 e. The number of furan rings is 1. The fourth-order valence-corrected chi connectivity index (χ4v) is 4.65. The topological polar surface area (TPSA) is 106 Å². The second-order valence-corrected chi connectivity index (χ2v) is 8.59. The Morgan fingerprint density at radius 2 is 2.04 bits per heavy atom. The lowest BCUT2D eigenvalue weighted by molar-refractivity contribution is -0.385. The number of hydrogen-bond donors (Lipinski definition) is 1. The van der Waals surface area contributed by atoms with Crippen molar-refractivity contribution in [2.24, 2.45) is 5.92 Å². The molecule has 146 valence electrons. The molecule has 1 aromatic carbocycles. The van der Waals surface area contributed by atoms with Gasteiger partial charge in [0.25, 0.3) is 5.69 Å². The SMILES string of the molecule is Cc1ccc([N+](=O)[O-])cc1S(=O)(=O)NCC1CCN(Cc2ccco2)CC1. The van der Waals surface area contributed by atoms with Crippen LogP contribution < -0.4 is 4.72 Å². The molecule has 0 unspecified atom stereocenters. The van der Waals surface area contributed by atoms with Crippen LogP contribution in [-0.4, -0.2) is 37.9 Å². The van der Waals surface area contributed by atoms with E-state index in [9.17, 15) is 18.5 Å². The van der Waals surface area contributed by atoms with Gasteiger partial charge in [0.15, 0.2) is 0 Å².